The number of hydrogen-bond donors (Lipinski definition) is 0. The number of rotatable bonds is 8. The minimum atomic E-state index is -0.0618. The quantitative estimate of drug-likeness (QED) is 0.152. The van der Waals surface area contributed by atoms with E-state index in [1.165, 1.54) is 50.2 Å². The van der Waals surface area contributed by atoms with Gasteiger partial charge >= 0.3 is 322 Å². The molecule has 0 amide bonds. The van der Waals surface area contributed by atoms with Crippen molar-refractivity contribution in [1.82, 2.24) is 19.0 Å². The van der Waals surface area contributed by atoms with Gasteiger partial charge in [0.1, 0.15) is 0 Å². The van der Waals surface area contributed by atoms with Gasteiger partial charge in [-0.3, -0.25) is 0 Å². The van der Waals surface area contributed by atoms with Gasteiger partial charge in [-0.25, -0.2) is 0 Å². The second-order valence-corrected chi connectivity index (χ2v) is 20.4. The molecule has 336 valence electrons. The predicted octanol–water partition coefficient (Wildman–Crippen LogP) is 14.5. The smallest absolute Gasteiger partial charge is 0.0622 e. The van der Waals surface area contributed by atoms with Crippen molar-refractivity contribution in [2.45, 2.75) is 45.4 Å². The van der Waals surface area contributed by atoms with Crippen LogP contribution in [0.3, 0.4) is 0 Å². The van der Waals surface area contributed by atoms with Gasteiger partial charge in [-0.15, -0.1) is 0 Å². The minimum Gasteiger partial charge on any atom is -0.0622 e. The zero-order chi connectivity index (χ0) is 45.8. The Hall–Kier alpha value is -6.59. The zero-order valence-electron chi connectivity index (χ0n) is 38.8. The minimum absolute atomic E-state index is 0.0618. The molecule has 67 heavy (non-hydrogen) atoms. The predicted molar refractivity (Wildman–Crippen MR) is 272 cm³/mol. The summed E-state index contributed by atoms with van der Waals surface area (Å²) < 4.78 is 12.8. The Morgan fingerprint density at radius 2 is 1.21 bits per heavy atom. The van der Waals surface area contributed by atoms with E-state index in [9.17, 15) is 0 Å². The van der Waals surface area contributed by atoms with Crippen LogP contribution in [0.25, 0.3) is 55.8 Å². The normalized spacial score (nSPS) is 16.2. The number of hydrogen-bond acceptors (Lipinski definition) is 4. The van der Waals surface area contributed by atoms with Gasteiger partial charge in [0.25, 0.3) is 0 Å². The van der Waals surface area contributed by atoms with E-state index < -0.39 is 0 Å². The third-order valence-electron chi connectivity index (χ3n) is 13.9. The number of nitrogens with zero attached hydrogens (tertiary/aromatic N) is 5. The van der Waals surface area contributed by atoms with Crippen LogP contribution in [0.1, 0.15) is 49.8 Å². The molecule has 0 aliphatic carbocycles. The van der Waals surface area contributed by atoms with Crippen molar-refractivity contribution in [3.8, 4) is 56.3 Å². The van der Waals surface area contributed by atoms with Gasteiger partial charge < -0.3 is 4.90 Å². The van der Waals surface area contributed by atoms with E-state index in [1.54, 1.807) is 0 Å². The van der Waals surface area contributed by atoms with Crippen LogP contribution in [0.5, 0.6) is 11.5 Å². The Morgan fingerprint density at radius 1 is 0.612 bits per heavy atom. The monoisotopic (exact) mass is 1060 g/mol. The first-order valence-corrected chi connectivity index (χ1v) is 24.6. The van der Waals surface area contributed by atoms with Crippen LogP contribution in [-0.4, -0.2) is 45.7 Å². The van der Waals surface area contributed by atoms with Crippen LogP contribution in [0.2, 0.25) is 0 Å². The molecule has 7 aromatic carbocycles. The number of ether oxygens (including phenoxy) is 1. The van der Waals surface area contributed by atoms with Crippen LogP contribution in [0.4, 0.5) is 11.5 Å². The summed E-state index contributed by atoms with van der Waals surface area (Å²) in [6, 6.07) is 63.4. The van der Waals surface area contributed by atoms with E-state index in [1.807, 2.05) is 6.20 Å². The summed E-state index contributed by atoms with van der Waals surface area (Å²) in [4.78, 5) is 10.1. The van der Waals surface area contributed by atoms with Gasteiger partial charge in [0.05, 0.1) is 0 Å². The molecule has 2 aromatic heterocycles. The summed E-state index contributed by atoms with van der Waals surface area (Å²) in [6.07, 6.45) is 3.19. The molecular formula is C60H55N5OPt. The molecule has 2 atom stereocenters. The van der Waals surface area contributed by atoms with Crippen molar-refractivity contribution in [2.24, 2.45) is 5.92 Å². The molecule has 0 saturated carbocycles. The van der Waals surface area contributed by atoms with Crippen molar-refractivity contribution in [1.29, 1.82) is 0 Å². The van der Waals surface area contributed by atoms with E-state index in [2.05, 4.69) is 249 Å². The van der Waals surface area contributed by atoms with E-state index in [-0.39, 0.29) is 5.41 Å². The molecule has 11 rings (SSSR count). The molecule has 0 bridgehead atoms. The number of piperidine rings is 1. The first-order valence-electron chi connectivity index (χ1n) is 23.5. The second kappa shape index (κ2) is 17.6. The average Bonchev–Trinajstić information content (AvgIpc) is 3.64. The summed E-state index contributed by atoms with van der Waals surface area (Å²) in [5.41, 5.74) is 16.5. The van der Waals surface area contributed by atoms with Crippen molar-refractivity contribution >= 4 is 22.5 Å². The fourth-order valence-corrected chi connectivity index (χ4v) is 11.6. The number of pyridine rings is 1. The molecule has 1 saturated heterocycles. The molecule has 0 spiro atoms. The van der Waals surface area contributed by atoms with Gasteiger partial charge in [0.2, 0.25) is 0 Å². The Morgan fingerprint density at radius 3 is 1.84 bits per heavy atom. The van der Waals surface area contributed by atoms with E-state index in [0.717, 1.165) is 75.1 Å². The van der Waals surface area contributed by atoms with E-state index in [4.69, 9.17) is 9.72 Å². The van der Waals surface area contributed by atoms with Crippen LogP contribution >= 0.6 is 0 Å². The van der Waals surface area contributed by atoms with Crippen molar-refractivity contribution < 1.29 is 24.1 Å². The Balaban J connectivity index is 1.01. The summed E-state index contributed by atoms with van der Waals surface area (Å²) in [7, 11) is 2.25. The molecule has 0 radical (unpaired) electrons. The molecule has 7 heteroatoms. The molecule has 2 aliphatic rings. The zero-order valence-corrected chi connectivity index (χ0v) is 41.0. The maximum absolute atomic E-state index is 6.91. The topological polar surface area (TPSA) is 38.5 Å². The molecule has 4 heterocycles. The number of para-hydroxylation sites is 2. The number of fused-ring (bicyclic) bond motifs is 4. The molecule has 1 fully saturated rings. The first-order chi connectivity index (χ1) is 32.6. The SMILES string of the molecule is Cc1cc(N2CC3CN(C)CCC3c3ccc(Oc4cccc(-n5[c](=[Pt])n(-c6c(-c7ccccc7)cc(C(C)(C)C)cc6-c6ccccc6)c6ccccc65)c4)cc32)ncc1-c1ccccc1. The summed E-state index contributed by atoms with van der Waals surface area (Å²) in [5.74, 6) is 3.57. The third-order valence-corrected chi connectivity index (χ3v) is 14.9. The van der Waals surface area contributed by atoms with Gasteiger partial charge in [0, 0.05) is 18.3 Å². The van der Waals surface area contributed by atoms with Crippen molar-refractivity contribution in [3.05, 3.63) is 203 Å². The van der Waals surface area contributed by atoms with E-state index in [0.29, 0.717) is 11.8 Å². The van der Waals surface area contributed by atoms with Gasteiger partial charge in [-0.1, -0.05) is 30.3 Å². The fraction of sp³-hybridized carbons (Fsp3) is 0.200. The number of likely N-dealkylation sites (tertiary alicyclic amines) is 1. The van der Waals surface area contributed by atoms with Gasteiger partial charge in [-0.05, 0) is 31.6 Å². The summed E-state index contributed by atoms with van der Waals surface area (Å²) in [5, 5.41) is 0. The van der Waals surface area contributed by atoms with Crippen LogP contribution in [0, 0.1) is 16.6 Å². The first kappa shape index (κ1) is 43.0. The standard InChI is InChI=1S/C60H55N5O.Pt/c1-41-32-58(61-37-54(41)44-22-13-8-14-23-44)63-39-45-38-62(5)31-30-50(45)51-29-28-49(36-57(51)63)66-48-25-17-24-47(35-48)64-40-65(56-27-16-15-26-55(56)64)59-52(42-18-9-6-10-19-42)33-46(60(2,3)4)34-53(59)43-20-11-7-12-21-43;/h6-29,32-37,45,50H,30-31,38-39H2,1-5H3;. The molecule has 6 nitrogen and oxygen atoms in total. The Kier molecular flexibility index (Phi) is 11.3. The van der Waals surface area contributed by atoms with E-state index >= 15 is 0 Å². The van der Waals surface area contributed by atoms with Gasteiger partial charge in [-0.2, -0.15) is 0 Å². The van der Waals surface area contributed by atoms with Crippen LogP contribution in [-0.2, 0) is 24.8 Å². The maximum atomic E-state index is 6.91. The van der Waals surface area contributed by atoms with Crippen LogP contribution < -0.4 is 9.64 Å². The summed E-state index contributed by atoms with van der Waals surface area (Å²) in [6.45, 7) is 12.2. The number of anilines is 2. The molecule has 0 N–H and O–H groups in total. The fourth-order valence-electron chi connectivity index (χ4n) is 10.5. The molecule has 2 unspecified atom stereocenters. The molecule has 2 aliphatic heterocycles. The van der Waals surface area contributed by atoms with Crippen molar-refractivity contribution in [3.63, 3.8) is 0 Å². The Labute approximate surface area is 405 Å². The molecular weight excluding hydrogens is 1000 g/mol. The third kappa shape index (κ3) is 8.11. The number of aromatic nitrogens is 3. The number of imidazole rings is 1. The van der Waals surface area contributed by atoms with Gasteiger partial charge in [0.15, 0.2) is 0 Å². The number of benzene rings is 7. The second-order valence-electron chi connectivity index (χ2n) is 19.4. The average molecular weight is 1060 g/mol. The summed E-state index contributed by atoms with van der Waals surface area (Å²) >= 11 is 2.54. The molecule has 9 aromatic rings. The van der Waals surface area contributed by atoms with Crippen LogP contribution in [0.15, 0.2) is 182 Å². The number of aryl methyl sites for hydroxylation is 1. The van der Waals surface area contributed by atoms with Crippen molar-refractivity contribution in [2.75, 3.05) is 31.6 Å². The Bertz CT molecular complexity index is 3270.